The SMILES string of the molecule is CCCCNc1nc(C)cc(C(=O)Nc2ccc(Cl)cc2Cl)n1. The zero-order valence-electron chi connectivity index (χ0n) is 13.0. The van der Waals surface area contributed by atoms with E-state index in [4.69, 9.17) is 23.2 Å². The minimum absolute atomic E-state index is 0.280. The third kappa shape index (κ3) is 5.08. The molecule has 1 heterocycles. The molecule has 0 bridgehead atoms. The summed E-state index contributed by atoms with van der Waals surface area (Å²) in [6.07, 6.45) is 2.08. The van der Waals surface area contributed by atoms with Gasteiger partial charge in [-0.15, -0.1) is 0 Å². The number of carbonyl (C=O) groups excluding carboxylic acids is 1. The van der Waals surface area contributed by atoms with E-state index in [-0.39, 0.29) is 11.6 Å². The standard InChI is InChI=1S/C16H18Cl2N4O/c1-3-4-7-19-16-20-10(2)8-14(22-16)15(23)21-13-6-5-11(17)9-12(13)18/h5-6,8-9H,3-4,7H2,1-2H3,(H,21,23)(H,19,20,22). The molecule has 0 spiro atoms. The Morgan fingerprint density at radius 2 is 2.00 bits per heavy atom. The molecule has 0 aliphatic carbocycles. The van der Waals surface area contributed by atoms with E-state index < -0.39 is 0 Å². The number of unbranched alkanes of at least 4 members (excludes halogenated alkanes) is 1. The summed E-state index contributed by atoms with van der Waals surface area (Å²) in [6, 6.07) is 6.51. The van der Waals surface area contributed by atoms with Gasteiger partial charge in [0.2, 0.25) is 5.95 Å². The number of amides is 1. The number of nitrogens with one attached hydrogen (secondary N) is 2. The molecule has 1 aromatic carbocycles. The Balaban J connectivity index is 2.15. The largest absolute Gasteiger partial charge is 0.354 e. The van der Waals surface area contributed by atoms with Crippen LogP contribution in [0, 0.1) is 6.92 Å². The second-order valence-electron chi connectivity index (χ2n) is 5.08. The lowest BCUT2D eigenvalue weighted by molar-refractivity contribution is 0.102. The van der Waals surface area contributed by atoms with E-state index in [1.807, 2.05) is 6.92 Å². The van der Waals surface area contributed by atoms with Crippen molar-refractivity contribution in [2.45, 2.75) is 26.7 Å². The topological polar surface area (TPSA) is 66.9 Å². The van der Waals surface area contributed by atoms with Crippen LogP contribution in [0.4, 0.5) is 11.6 Å². The quantitative estimate of drug-likeness (QED) is 0.748. The molecule has 0 radical (unpaired) electrons. The van der Waals surface area contributed by atoms with Gasteiger partial charge in [-0.25, -0.2) is 9.97 Å². The molecule has 2 rings (SSSR count). The molecule has 0 aliphatic rings. The molecule has 0 atom stereocenters. The summed E-state index contributed by atoms with van der Waals surface area (Å²) in [4.78, 5) is 20.9. The Morgan fingerprint density at radius 1 is 1.22 bits per heavy atom. The first-order valence-corrected chi connectivity index (χ1v) is 8.11. The van der Waals surface area contributed by atoms with Gasteiger partial charge in [-0.2, -0.15) is 0 Å². The second-order valence-corrected chi connectivity index (χ2v) is 5.92. The van der Waals surface area contributed by atoms with E-state index in [0.29, 0.717) is 27.4 Å². The molecule has 5 nitrogen and oxygen atoms in total. The van der Waals surface area contributed by atoms with Crippen molar-refractivity contribution < 1.29 is 4.79 Å². The van der Waals surface area contributed by atoms with Gasteiger partial charge >= 0.3 is 0 Å². The van der Waals surface area contributed by atoms with Crippen molar-refractivity contribution in [1.29, 1.82) is 0 Å². The van der Waals surface area contributed by atoms with Gasteiger partial charge in [0, 0.05) is 17.3 Å². The van der Waals surface area contributed by atoms with Crippen LogP contribution < -0.4 is 10.6 Å². The highest BCUT2D eigenvalue weighted by Crippen LogP contribution is 2.25. The van der Waals surface area contributed by atoms with E-state index in [2.05, 4.69) is 27.5 Å². The van der Waals surface area contributed by atoms with Crippen molar-refractivity contribution in [1.82, 2.24) is 9.97 Å². The van der Waals surface area contributed by atoms with Gasteiger partial charge in [-0.3, -0.25) is 4.79 Å². The number of hydrogen-bond acceptors (Lipinski definition) is 4. The Labute approximate surface area is 145 Å². The van der Waals surface area contributed by atoms with Crippen LogP contribution in [0.15, 0.2) is 24.3 Å². The van der Waals surface area contributed by atoms with Gasteiger partial charge in [-0.1, -0.05) is 36.5 Å². The van der Waals surface area contributed by atoms with E-state index in [1.54, 1.807) is 24.3 Å². The Kier molecular flexibility index (Phi) is 6.19. The molecule has 1 aromatic heterocycles. The predicted molar refractivity (Wildman–Crippen MR) is 94.6 cm³/mol. The summed E-state index contributed by atoms with van der Waals surface area (Å²) in [5.74, 6) is 0.101. The Bertz CT molecular complexity index is 706. The fourth-order valence-corrected chi connectivity index (χ4v) is 2.37. The summed E-state index contributed by atoms with van der Waals surface area (Å²) in [6.45, 7) is 4.69. The number of hydrogen-bond donors (Lipinski definition) is 2. The third-order valence-corrected chi connectivity index (χ3v) is 3.63. The first-order chi connectivity index (χ1) is 11.0. The molecule has 23 heavy (non-hydrogen) atoms. The minimum Gasteiger partial charge on any atom is -0.354 e. The average molecular weight is 353 g/mol. The molecule has 0 saturated carbocycles. The van der Waals surface area contributed by atoms with Crippen LogP contribution in [0.25, 0.3) is 0 Å². The number of nitrogens with zero attached hydrogens (tertiary/aromatic N) is 2. The van der Waals surface area contributed by atoms with E-state index >= 15 is 0 Å². The highest BCUT2D eigenvalue weighted by atomic mass is 35.5. The van der Waals surface area contributed by atoms with Gasteiger partial charge < -0.3 is 10.6 Å². The fourth-order valence-electron chi connectivity index (χ4n) is 1.92. The average Bonchev–Trinajstić information content (AvgIpc) is 2.50. The monoisotopic (exact) mass is 352 g/mol. The minimum atomic E-state index is -0.349. The molecule has 7 heteroatoms. The summed E-state index contributed by atoms with van der Waals surface area (Å²) in [7, 11) is 0. The number of aryl methyl sites for hydroxylation is 1. The molecule has 122 valence electrons. The van der Waals surface area contributed by atoms with Gasteiger partial charge in [0.1, 0.15) is 5.69 Å². The lowest BCUT2D eigenvalue weighted by atomic mass is 10.3. The van der Waals surface area contributed by atoms with Crippen molar-refractivity contribution in [3.05, 3.63) is 45.7 Å². The maximum atomic E-state index is 12.4. The van der Waals surface area contributed by atoms with Crippen molar-refractivity contribution in [3.8, 4) is 0 Å². The molecule has 0 fully saturated rings. The number of halogens is 2. The summed E-state index contributed by atoms with van der Waals surface area (Å²) in [5, 5.41) is 6.73. The maximum Gasteiger partial charge on any atom is 0.274 e. The molecule has 2 aromatic rings. The highest BCUT2D eigenvalue weighted by molar-refractivity contribution is 6.36. The Morgan fingerprint density at radius 3 is 2.70 bits per heavy atom. The van der Waals surface area contributed by atoms with Crippen molar-refractivity contribution in [2.75, 3.05) is 17.2 Å². The number of rotatable bonds is 6. The smallest absolute Gasteiger partial charge is 0.274 e. The number of aromatic nitrogens is 2. The zero-order valence-corrected chi connectivity index (χ0v) is 14.5. The molecular weight excluding hydrogens is 335 g/mol. The van der Waals surface area contributed by atoms with Gasteiger partial charge in [0.25, 0.3) is 5.91 Å². The van der Waals surface area contributed by atoms with Gasteiger partial charge in [-0.05, 0) is 37.6 Å². The molecular formula is C16H18Cl2N4O. The van der Waals surface area contributed by atoms with E-state index in [0.717, 1.165) is 19.4 Å². The number of benzene rings is 1. The second kappa shape index (κ2) is 8.13. The molecule has 0 saturated heterocycles. The summed E-state index contributed by atoms with van der Waals surface area (Å²) >= 11 is 11.9. The third-order valence-electron chi connectivity index (χ3n) is 3.08. The van der Waals surface area contributed by atoms with Crippen molar-refractivity contribution >= 4 is 40.7 Å². The van der Waals surface area contributed by atoms with E-state index in [9.17, 15) is 4.79 Å². The van der Waals surface area contributed by atoms with Crippen molar-refractivity contribution in [3.63, 3.8) is 0 Å². The first kappa shape index (κ1) is 17.5. The first-order valence-electron chi connectivity index (χ1n) is 7.35. The van der Waals surface area contributed by atoms with Crippen molar-refractivity contribution in [2.24, 2.45) is 0 Å². The van der Waals surface area contributed by atoms with Crippen LogP contribution in [0.5, 0.6) is 0 Å². The fraction of sp³-hybridized carbons (Fsp3) is 0.312. The van der Waals surface area contributed by atoms with Crippen LogP contribution in [0.1, 0.15) is 35.9 Å². The molecule has 0 unspecified atom stereocenters. The number of anilines is 2. The van der Waals surface area contributed by atoms with Crippen LogP contribution in [0.3, 0.4) is 0 Å². The number of carbonyl (C=O) groups is 1. The van der Waals surface area contributed by atoms with Crippen LogP contribution in [-0.4, -0.2) is 22.4 Å². The van der Waals surface area contributed by atoms with Crippen LogP contribution in [0.2, 0.25) is 10.0 Å². The van der Waals surface area contributed by atoms with E-state index in [1.165, 1.54) is 0 Å². The van der Waals surface area contributed by atoms with Gasteiger partial charge in [0.05, 0.1) is 10.7 Å². The maximum absolute atomic E-state index is 12.4. The van der Waals surface area contributed by atoms with Crippen LogP contribution in [-0.2, 0) is 0 Å². The summed E-state index contributed by atoms with van der Waals surface area (Å²) < 4.78 is 0. The molecule has 0 aliphatic heterocycles. The highest BCUT2D eigenvalue weighted by Gasteiger charge is 2.12. The van der Waals surface area contributed by atoms with Crippen LogP contribution >= 0.6 is 23.2 Å². The summed E-state index contributed by atoms with van der Waals surface area (Å²) in [5.41, 5.74) is 1.48. The normalized spacial score (nSPS) is 10.4. The predicted octanol–water partition coefficient (Wildman–Crippen LogP) is 4.56. The molecule has 1 amide bonds. The lowest BCUT2D eigenvalue weighted by Crippen LogP contribution is -2.16. The Hall–Kier alpha value is -1.85. The zero-order chi connectivity index (χ0) is 16.8. The molecule has 2 N–H and O–H groups in total. The van der Waals surface area contributed by atoms with Gasteiger partial charge in [0.15, 0.2) is 0 Å². The lowest BCUT2D eigenvalue weighted by Gasteiger charge is -2.09.